The summed E-state index contributed by atoms with van der Waals surface area (Å²) in [6.07, 6.45) is 1.71. The van der Waals surface area contributed by atoms with Crippen LogP contribution >= 0.6 is 0 Å². The molecule has 1 aromatic carbocycles. The number of benzene rings is 1. The number of amides is 1. The molecule has 0 saturated heterocycles. The topological polar surface area (TPSA) is 64.6 Å². The van der Waals surface area contributed by atoms with Gasteiger partial charge in [-0.15, -0.1) is 0 Å². The molecule has 1 saturated carbocycles. The summed E-state index contributed by atoms with van der Waals surface area (Å²) in [7, 11) is 1.57. The quantitative estimate of drug-likeness (QED) is 0.854. The first-order chi connectivity index (χ1) is 11.3. The van der Waals surface area contributed by atoms with E-state index in [0.29, 0.717) is 17.9 Å². The van der Waals surface area contributed by atoms with Gasteiger partial charge in [0.15, 0.2) is 0 Å². The van der Waals surface area contributed by atoms with Crippen LogP contribution in [0.5, 0.6) is 5.75 Å². The number of carbonyl (C=O) groups is 2. The molecule has 0 aromatic heterocycles. The lowest BCUT2D eigenvalue weighted by molar-refractivity contribution is -0.119. The van der Waals surface area contributed by atoms with Gasteiger partial charge >= 0.3 is 6.09 Å². The SMILES string of the molecule is CC.COc1ccc(NC(=O)OC(C)(C)C)c(CC(=O)C2CC2)c1. The number of hydrogen-bond donors (Lipinski definition) is 1. The summed E-state index contributed by atoms with van der Waals surface area (Å²) < 4.78 is 10.4. The van der Waals surface area contributed by atoms with Gasteiger partial charge in [-0.05, 0) is 57.4 Å². The number of Topliss-reactive ketones (excluding diaryl/α,β-unsaturated/α-hetero) is 1. The molecule has 0 bridgehead atoms. The van der Waals surface area contributed by atoms with Gasteiger partial charge in [0, 0.05) is 18.0 Å². The third-order valence-electron chi connectivity index (χ3n) is 3.35. The van der Waals surface area contributed by atoms with Gasteiger partial charge in [0.1, 0.15) is 17.1 Å². The van der Waals surface area contributed by atoms with Crippen molar-refractivity contribution >= 4 is 17.6 Å². The zero-order valence-corrected chi connectivity index (χ0v) is 15.6. The van der Waals surface area contributed by atoms with Crippen LogP contribution < -0.4 is 10.1 Å². The van der Waals surface area contributed by atoms with E-state index in [1.807, 2.05) is 13.8 Å². The zero-order valence-electron chi connectivity index (χ0n) is 15.6. The number of nitrogens with one attached hydrogen (secondary N) is 1. The Balaban J connectivity index is 0.00000139. The number of methoxy groups -OCH3 is 1. The number of ketones is 1. The van der Waals surface area contributed by atoms with Crippen LogP contribution in [-0.2, 0) is 16.0 Å². The lowest BCUT2D eigenvalue weighted by Gasteiger charge is -2.20. The maximum Gasteiger partial charge on any atom is 0.412 e. The first-order valence-electron chi connectivity index (χ1n) is 8.48. The molecule has 0 heterocycles. The molecule has 1 fully saturated rings. The van der Waals surface area contributed by atoms with E-state index in [1.54, 1.807) is 46.1 Å². The highest BCUT2D eigenvalue weighted by atomic mass is 16.6. The van der Waals surface area contributed by atoms with Crippen LogP contribution in [0.15, 0.2) is 18.2 Å². The van der Waals surface area contributed by atoms with Gasteiger partial charge in [-0.2, -0.15) is 0 Å². The Morgan fingerprint density at radius 2 is 1.83 bits per heavy atom. The third kappa shape index (κ3) is 6.60. The third-order valence-corrected chi connectivity index (χ3v) is 3.35. The van der Waals surface area contributed by atoms with Gasteiger partial charge in [-0.1, -0.05) is 13.8 Å². The van der Waals surface area contributed by atoms with Crippen LogP contribution in [0.25, 0.3) is 0 Å². The van der Waals surface area contributed by atoms with Crippen LogP contribution in [0.4, 0.5) is 10.5 Å². The van der Waals surface area contributed by atoms with E-state index in [1.165, 1.54) is 0 Å². The standard InChI is InChI=1S/C17H23NO4.C2H6/c1-17(2,3)22-16(20)18-14-8-7-13(21-4)9-12(14)10-15(19)11-5-6-11;1-2/h7-9,11H,5-6,10H2,1-4H3,(H,18,20);1-2H3. The Morgan fingerprint density at radius 3 is 2.33 bits per heavy atom. The molecule has 1 aliphatic carbocycles. The lowest BCUT2D eigenvalue weighted by Crippen LogP contribution is -2.27. The minimum absolute atomic E-state index is 0.181. The fraction of sp³-hybridized carbons (Fsp3) is 0.579. The second kappa shape index (κ2) is 8.71. The molecule has 0 aliphatic heterocycles. The molecular formula is C19H29NO4. The Morgan fingerprint density at radius 1 is 1.21 bits per heavy atom. The van der Waals surface area contributed by atoms with Crippen molar-refractivity contribution in [2.75, 3.05) is 12.4 Å². The largest absolute Gasteiger partial charge is 0.497 e. The van der Waals surface area contributed by atoms with Crippen LogP contribution in [0.3, 0.4) is 0 Å². The van der Waals surface area contributed by atoms with Crippen molar-refractivity contribution in [3.8, 4) is 5.75 Å². The van der Waals surface area contributed by atoms with Crippen LogP contribution in [0, 0.1) is 5.92 Å². The molecule has 1 amide bonds. The molecule has 0 unspecified atom stereocenters. The number of ether oxygens (including phenoxy) is 2. The normalized spacial score (nSPS) is 13.4. The van der Waals surface area contributed by atoms with E-state index in [4.69, 9.17) is 9.47 Å². The first kappa shape index (κ1) is 20.0. The van der Waals surface area contributed by atoms with E-state index < -0.39 is 11.7 Å². The maximum atomic E-state index is 12.1. The number of anilines is 1. The molecule has 1 aromatic rings. The molecular weight excluding hydrogens is 306 g/mol. The van der Waals surface area contributed by atoms with Gasteiger partial charge in [-0.25, -0.2) is 4.79 Å². The van der Waals surface area contributed by atoms with Crippen molar-refractivity contribution in [2.24, 2.45) is 5.92 Å². The van der Waals surface area contributed by atoms with Crippen molar-refractivity contribution in [1.29, 1.82) is 0 Å². The fourth-order valence-corrected chi connectivity index (χ4v) is 2.12. The molecule has 0 radical (unpaired) electrons. The molecule has 24 heavy (non-hydrogen) atoms. The second-order valence-corrected chi connectivity index (χ2v) is 6.57. The van der Waals surface area contributed by atoms with Crippen molar-refractivity contribution < 1.29 is 19.1 Å². The smallest absolute Gasteiger partial charge is 0.412 e. The summed E-state index contributed by atoms with van der Waals surface area (Å²) in [6, 6.07) is 5.27. The van der Waals surface area contributed by atoms with Crippen molar-refractivity contribution in [1.82, 2.24) is 0 Å². The molecule has 134 valence electrons. The van der Waals surface area contributed by atoms with Gasteiger partial charge < -0.3 is 9.47 Å². The molecule has 5 heteroatoms. The predicted octanol–water partition coefficient (Wildman–Crippen LogP) is 4.59. The Hall–Kier alpha value is -2.04. The molecule has 0 spiro atoms. The minimum atomic E-state index is -0.569. The minimum Gasteiger partial charge on any atom is -0.497 e. The lowest BCUT2D eigenvalue weighted by atomic mass is 10.0. The summed E-state index contributed by atoms with van der Waals surface area (Å²) in [5.74, 6) is 1.05. The summed E-state index contributed by atoms with van der Waals surface area (Å²) in [5, 5.41) is 2.71. The Labute approximate surface area is 144 Å². The van der Waals surface area contributed by atoms with Gasteiger partial charge in [-0.3, -0.25) is 10.1 Å². The average molecular weight is 335 g/mol. The highest BCUT2D eigenvalue weighted by Gasteiger charge is 2.30. The predicted molar refractivity (Wildman–Crippen MR) is 95.6 cm³/mol. The summed E-state index contributed by atoms with van der Waals surface area (Å²) >= 11 is 0. The van der Waals surface area contributed by atoms with Gasteiger partial charge in [0.05, 0.1) is 7.11 Å². The van der Waals surface area contributed by atoms with Crippen LogP contribution in [-0.4, -0.2) is 24.6 Å². The molecule has 1 aliphatic rings. The Kier molecular flexibility index (Phi) is 7.26. The molecule has 5 nitrogen and oxygen atoms in total. The molecule has 2 rings (SSSR count). The van der Waals surface area contributed by atoms with E-state index in [2.05, 4.69) is 5.32 Å². The summed E-state index contributed by atoms with van der Waals surface area (Å²) in [6.45, 7) is 9.41. The number of carbonyl (C=O) groups excluding carboxylic acids is 2. The second-order valence-electron chi connectivity index (χ2n) is 6.57. The van der Waals surface area contributed by atoms with Crippen LogP contribution in [0.1, 0.15) is 53.0 Å². The number of hydrogen-bond acceptors (Lipinski definition) is 4. The van der Waals surface area contributed by atoms with E-state index in [0.717, 1.165) is 18.4 Å². The Bertz CT molecular complexity index is 571. The van der Waals surface area contributed by atoms with Crippen molar-refractivity contribution in [3.63, 3.8) is 0 Å². The average Bonchev–Trinajstić information content (AvgIpc) is 3.34. The van der Waals surface area contributed by atoms with E-state index in [-0.39, 0.29) is 11.7 Å². The van der Waals surface area contributed by atoms with Gasteiger partial charge in [0.25, 0.3) is 0 Å². The zero-order chi connectivity index (χ0) is 18.3. The molecule has 1 N–H and O–H groups in total. The fourth-order valence-electron chi connectivity index (χ4n) is 2.12. The van der Waals surface area contributed by atoms with E-state index >= 15 is 0 Å². The van der Waals surface area contributed by atoms with Crippen molar-refractivity contribution in [3.05, 3.63) is 23.8 Å². The summed E-state index contributed by atoms with van der Waals surface area (Å²) in [4.78, 5) is 24.0. The molecule has 0 atom stereocenters. The first-order valence-corrected chi connectivity index (χ1v) is 8.48. The van der Waals surface area contributed by atoms with Crippen LogP contribution in [0.2, 0.25) is 0 Å². The van der Waals surface area contributed by atoms with Gasteiger partial charge in [0.2, 0.25) is 0 Å². The van der Waals surface area contributed by atoms with Crippen molar-refractivity contribution in [2.45, 2.75) is 59.5 Å². The monoisotopic (exact) mass is 335 g/mol. The highest BCUT2D eigenvalue weighted by Crippen LogP contribution is 2.32. The highest BCUT2D eigenvalue weighted by molar-refractivity contribution is 5.90. The number of rotatable bonds is 5. The van der Waals surface area contributed by atoms with E-state index in [9.17, 15) is 9.59 Å². The maximum absolute atomic E-state index is 12.1. The summed E-state index contributed by atoms with van der Waals surface area (Å²) in [5.41, 5.74) is 0.770.